The molecule has 26 heavy (non-hydrogen) atoms. The molecule has 0 aliphatic heterocycles. The van der Waals surface area contributed by atoms with Crippen LogP contribution >= 0.6 is 0 Å². The van der Waals surface area contributed by atoms with Crippen LogP contribution in [0, 0.1) is 10.1 Å². The number of hydrogen-bond acceptors (Lipinski definition) is 13. The molecule has 0 spiro atoms. The van der Waals surface area contributed by atoms with Gasteiger partial charge < -0.3 is 38.8 Å². The van der Waals surface area contributed by atoms with E-state index in [9.17, 15) is 10.1 Å². The molecule has 3 heterocycles. The monoisotopic (exact) mass is 354 g/mol. The largest absolute Gasteiger partial charge is 0.407 e. The lowest BCUT2D eigenvalue weighted by molar-refractivity contribution is -0.388. The van der Waals surface area contributed by atoms with Gasteiger partial charge in [-0.2, -0.15) is 0 Å². The van der Waals surface area contributed by atoms with Crippen molar-refractivity contribution in [3.8, 4) is 0 Å². The molecule has 14 heteroatoms. The molecule has 4 aromatic rings. The van der Waals surface area contributed by atoms with Gasteiger partial charge >= 0.3 is 5.82 Å². The average molecular weight is 354 g/mol. The number of nitro groups is 1. The summed E-state index contributed by atoms with van der Waals surface area (Å²) >= 11 is 0. The molecule has 0 atom stereocenters. The first-order valence-electron chi connectivity index (χ1n) is 6.97. The fourth-order valence-electron chi connectivity index (χ4n) is 2.49. The lowest BCUT2D eigenvalue weighted by atomic mass is 10.2. The maximum absolute atomic E-state index is 11.2. The van der Waals surface area contributed by atoms with E-state index in [1.54, 1.807) is 0 Å². The van der Waals surface area contributed by atoms with Gasteiger partial charge in [-0.3, -0.25) is 0 Å². The van der Waals surface area contributed by atoms with Gasteiger partial charge in [0.15, 0.2) is 23.3 Å². The zero-order chi connectivity index (χ0) is 18.7. The van der Waals surface area contributed by atoms with Crippen LogP contribution in [0.15, 0.2) is 0 Å². The summed E-state index contributed by atoms with van der Waals surface area (Å²) in [6.07, 6.45) is 0. The molecule has 0 aliphatic carbocycles. The molecule has 130 valence electrons. The Kier molecular flexibility index (Phi) is 2.82. The molecular weight excluding hydrogens is 344 g/mol. The fraction of sp³-hybridized carbons (Fsp3) is 0. The molecule has 14 nitrogen and oxygen atoms in total. The molecule has 0 radical (unpaired) electrons. The van der Waals surface area contributed by atoms with Crippen LogP contribution in [-0.2, 0) is 0 Å². The molecule has 0 unspecified atom stereocenters. The first-order valence-corrected chi connectivity index (χ1v) is 6.97. The second kappa shape index (κ2) is 4.82. The third-order valence-corrected chi connectivity index (χ3v) is 3.65. The number of benzene rings is 1. The van der Waals surface area contributed by atoms with Crippen molar-refractivity contribution in [1.29, 1.82) is 0 Å². The molecule has 0 amide bonds. The van der Waals surface area contributed by atoms with Crippen LogP contribution in [0.1, 0.15) is 0 Å². The van der Waals surface area contributed by atoms with Crippen molar-refractivity contribution < 1.29 is 4.92 Å². The summed E-state index contributed by atoms with van der Waals surface area (Å²) in [5.41, 5.74) is 29.2. The lowest BCUT2D eigenvalue weighted by Gasteiger charge is -2.08. The maximum atomic E-state index is 11.2. The van der Waals surface area contributed by atoms with E-state index in [0.29, 0.717) is 0 Å². The summed E-state index contributed by atoms with van der Waals surface area (Å²) in [5.74, 6) is -1.31. The van der Waals surface area contributed by atoms with Crippen LogP contribution in [0.5, 0.6) is 0 Å². The Hall–Kier alpha value is -4.36. The summed E-state index contributed by atoms with van der Waals surface area (Å²) in [6.45, 7) is 0. The van der Waals surface area contributed by atoms with Gasteiger partial charge in [-0.25, -0.2) is 24.9 Å². The first kappa shape index (κ1) is 15.2. The molecule has 0 bridgehead atoms. The molecule has 0 aliphatic rings. The molecule has 1 aromatic carbocycles. The number of fused-ring (bicyclic) bond motifs is 6. The highest BCUT2D eigenvalue weighted by Crippen LogP contribution is 2.34. The van der Waals surface area contributed by atoms with Crippen LogP contribution < -0.4 is 28.7 Å². The van der Waals surface area contributed by atoms with E-state index in [4.69, 9.17) is 28.7 Å². The molecule has 3 aromatic heterocycles. The van der Waals surface area contributed by atoms with Crippen molar-refractivity contribution in [3.05, 3.63) is 10.1 Å². The van der Waals surface area contributed by atoms with E-state index in [1.807, 2.05) is 0 Å². The first-order chi connectivity index (χ1) is 12.3. The minimum absolute atomic E-state index is 0.00562. The van der Waals surface area contributed by atoms with Gasteiger partial charge in [-0.15, -0.1) is 0 Å². The Balaban J connectivity index is 2.37. The minimum atomic E-state index is -0.769. The van der Waals surface area contributed by atoms with Gasteiger partial charge in [0.25, 0.3) is 0 Å². The van der Waals surface area contributed by atoms with Crippen molar-refractivity contribution in [2.24, 2.45) is 0 Å². The fourth-order valence-corrected chi connectivity index (χ4v) is 2.49. The van der Waals surface area contributed by atoms with E-state index < -0.39 is 16.6 Å². The topological polar surface area (TPSA) is 251 Å². The predicted molar refractivity (Wildman–Crippen MR) is 94.4 cm³/mol. The van der Waals surface area contributed by atoms with Gasteiger partial charge in [0.1, 0.15) is 27.6 Å². The van der Waals surface area contributed by atoms with Gasteiger partial charge in [0, 0.05) is 0 Å². The van der Waals surface area contributed by atoms with E-state index >= 15 is 0 Å². The van der Waals surface area contributed by atoms with E-state index in [0.717, 1.165) is 0 Å². The van der Waals surface area contributed by atoms with Gasteiger partial charge in [-0.05, 0) is 9.91 Å². The maximum Gasteiger partial charge on any atom is 0.407 e. The van der Waals surface area contributed by atoms with E-state index in [-0.39, 0.29) is 56.4 Å². The molecule has 0 saturated heterocycles. The van der Waals surface area contributed by atoms with Gasteiger partial charge in [0.2, 0.25) is 11.3 Å². The third kappa shape index (κ3) is 1.92. The normalized spacial score (nSPS) is 11.4. The number of hydrogen-bond donors (Lipinski definition) is 5. The molecule has 0 saturated carbocycles. The van der Waals surface area contributed by atoms with Crippen LogP contribution in [0.2, 0.25) is 0 Å². The summed E-state index contributed by atoms with van der Waals surface area (Å²) in [6, 6.07) is 0. The van der Waals surface area contributed by atoms with Crippen molar-refractivity contribution >= 4 is 68.0 Å². The Labute approximate surface area is 142 Å². The number of nitrogens with two attached hydrogens (primary N) is 5. The highest BCUT2D eigenvalue weighted by Gasteiger charge is 2.25. The van der Waals surface area contributed by atoms with Gasteiger partial charge in [-0.1, -0.05) is 0 Å². The highest BCUT2D eigenvalue weighted by atomic mass is 16.6. The zero-order valence-corrected chi connectivity index (χ0v) is 12.8. The quantitative estimate of drug-likeness (QED) is 0.162. The number of anilines is 5. The Bertz CT molecular complexity index is 1230. The highest BCUT2D eigenvalue weighted by molar-refractivity contribution is 6.19. The van der Waals surface area contributed by atoms with Gasteiger partial charge in [0.05, 0.1) is 0 Å². The zero-order valence-electron chi connectivity index (χ0n) is 12.8. The molecule has 10 N–H and O–H groups in total. The van der Waals surface area contributed by atoms with Crippen LogP contribution in [0.25, 0.3) is 33.1 Å². The van der Waals surface area contributed by atoms with Crippen molar-refractivity contribution in [1.82, 2.24) is 29.9 Å². The average Bonchev–Trinajstić information content (AvgIpc) is 2.58. The second-order valence-corrected chi connectivity index (χ2v) is 5.27. The Morgan fingerprint density at radius 3 is 1.12 bits per heavy atom. The summed E-state index contributed by atoms with van der Waals surface area (Å²) in [4.78, 5) is 34.9. The van der Waals surface area contributed by atoms with Crippen LogP contribution in [0.4, 0.5) is 34.9 Å². The molecule has 4 rings (SSSR count). The summed E-state index contributed by atoms with van der Waals surface area (Å²) in [7, 11) is 0. The van der Waals surface area contributed by atoms with Crippen LogP contribution in [0.3, 0.4) is 0 Å². The van der Waals surface area contributed by atoms with Crippen molar-refractivity contribution in [2.75, 3.05) is 28.7 Å². The predicted octanol–water partition coefficient (Wildman–Crippen LogP) is -0.665. The Morgan fingerprint density at radius 2 is 0.808 bits per heavy atom. The van der Waals surface area contributed by atoms with Crippen molar-refractivity contribution in [3.63, 3.8) is 0 Å². The van der Waals surface area contributed by atoms with E-state index in [2.05, 4.69) is 29.9 Å². The minimum Gasteiger partial charge on any atom is -0.381 e. The number of nitrogen functional groups attached to an aromatic ring is 5. The van der Waals surface area contributed by atoms with Crippen molar-refractivity contribution in [2.45, 2.75) is 0 Å². The Morgan fingerprint density at radius 1 is 0.538 bits per heavy atom. The SMILES string of the molecule is Nc1nc2c3nc(N)c(N)nc3c3nc([N+](=O)[O-])c(N)nc3c2nc1N. The van der Waals surface area contributed by atoms with Crippen LogP contribution in [-0.4, -0.2) is 34.8 Å². The molecular formula is C12H10N12O2. The number of rotatable bonds is 1. The summed E-state index contributed by atoms with van der Waals surface area (Å²) in [5, 5.41) is 11.2. The second-order valence-electron chi connectivity index (χ2n) is 5.27. The standard InChI is InChI=1S/C12H10N12O2/c13-7-8(14)20-3-1(18-7)2-4(21-10(16)9(15)19-2)6-5(3)22-11(17)12(23-6)24(25)26/h(H2,13,18)(H2,14,20)(H2,15,19)(H2,16,21)(H2,17,22). The smallest absolute Gasteiger partial charge is 0.381 e. The summed E-state index contributed by atoms with van der Waals surface area (Å²) < 4.78 is 0. The lowest BCUT2D eigenvalue weighted by Crippen LogP contribution is -2.08. The van der Waals surface area contributed by atoms with E-state index in [1.165, 1.54) is 0 Å². The molecule has 0 fully saturated rings. The number of nitrogens with zero attached hydrogens (tertiary/aromatic N) is 7. The third-order valence-electron chi connectivity index (χ3n) is 3.65. The number of aromatic nitrogens is 6.